The van der Waals surface area contributed by atoms with E-state index >= 15 is 0 Å². The second-order valence-corrected chi connectivity index (χ2v) is 8.00. The lowest BCUT2D eigenvalue weighted by molar-refractivity contribution is -0.122. The number of carbonyl (C=O) groups is 1. The van der Waals surface area contributed by atoms with Crippen LogP contribution in [0.25, 0.3) is 0 Å². The number of ether oxygens (including phenoxy) is 2. The minimum Gasteiger partial charge on any atom is -0.490 e. The number of aryl methyl sites for hydroxylation is 1. The molecule has 0 atom stereocenters. The van der Waals surface area contributed by atoms with E-state index in [1.165, 1.54) is 0 Å². The number of benzene rings is 1. The molecule has 174 valence electrons. The zero-order chi connectivity index (χ0) is 22.9. The molecule has 0 saturated carbocycles. The average Bonchev–Trinajstić information content (AvgIpc) is 3.24. The van der Waals surface area contributed by atoms with Gasteiger partial charge in [0.1, 0.15) is 0 Å². The number of amides is 1. The molecule has 2 aromatic heterocycles. The van der Waals surface area contributed by atoms with Gasteiger partial charge in [0.2, 0.25) is 17.7 Å². The molecule has 0 saturated heterocycles. The van der Waals surface area contributed by atoms with Crippen molar-refractivity contribution in [3.8, 4) is 17.4 Å². The number of para-hydroxylation sites is 2. The molecule has 9 heteroatoms. The van der Waals surface area contributed by atoms with E-state index in [1.54, 1.807) is 13.1 Å². The summed E-state index contributed by atoms with van der Waals surface area (Å²) < 4.78 is 17.1. The summed E-state index contributed by atoms with van der Waals surface area (Å²) in [6.45, 7) is 4.18. The number of pyridine rings is 1. The van der Waals surface area contributed by atoms with Crippen molar-refractivity contribution in [2.75, 3.05) is 19.7 Å². The van der Waals surface area contributed by atoms with Gasteiger partial charge in [-0.15, -0.1) is 0 Å². The SMILES string of the molecule is Cc1nc(CNC(=O)CN2CCCCCCOc3ccccc3Oc3ncccc3C2)no1. The molecule has 4 rings (SSSR count). The molecule has 9 nitrogen and oxygen atoms in total. The van der Waals surface area contributed by atoms with Crippen molar-refractivity contribution < 1.29 is 18.8 Å². The second kappa shape index (κ2) is 11.4. The summed E-state index contributed by atoms with van der Waals surface area (Å²) in [4.78, 5) is 23.3. The lowest BCUT2D eigenvalue weighted by atomic mass is 10.1. The van der Waals surface area contributed by atoms with Crippen LogP contribution in [0.5, 0.6) is 17.4 Å². The van der Waals surface area contributed by atoms with Crippen molar-refractivity contribution in [2.45, 2.75) is 45.7 Å². The number of carbonyl (C=O) groups excluding carboxylic acids is 1. The Hall–Kier alpha value is -3.46. The Morgan fingerprint density at radius 1 is 1.09 bits per heavy atom. The molecule has 0 fully saturated rings. The van der Waals surface area contributed by atoms with Crippen molar-refractivity contribution in [2.24, 2.45) is 0 Å². The molecule has 1 amide bonds. The Morgan fingerprint density at radius 2 is 1.94 bits per heavy atom. The number of aromatic nitrogens is 3. The largest absolute Gasteiger partial charge is 0.490 e. The third-order valence-electron chi connectivity index (χ3n) is 5.31. The van der Waals surface area contributed by atoms with Crippen LogP contribution >= 0.6 is 0 Å². The first-order chi connectivity index (χ1) is 16.2. The smallest absolute Gasteiger partial charge is 0.234 e. The van der Waals surface area contributed by atoms with Crippen LogP contribution in [0.4, 0.5) is 0 Å². The standard InChI is InChI=1S/C24H29N5O4/c1-18-27-22(28-33-18)15-26-23(30)17-29-13-6-2-3-7-14-31-20-10-4-5-11-21(20)32-24-19(16-29)9-8-12-25-24/h4-5,8-12H,2-3,6-7,13-17H2,1H3,(H,26,30). The maximum absolute atomic E-state index is 12.6. The normalized spacial score (nSPS) is 15.3. The van der Waals surface area contributed by atoms with Crippen LogP contribution in [0, 0.1) is 6.92 Å². The van der Waals surface area contributed by atoms with E-state index in [2.05, 4.69) is 25.3 Å². The summed E-state index contributed by atoms with van der Waals surface area (Å²) in [5.74, 6) is 2.70. The summed E-state index contributed by atoms with van der Waals surface area (Å²) in [6.07, 6.45) is 5.80. The third-order valence-corrected chi connectivity index (χ3v) is 5.31. The first kappa shape index (κ1) is 22.7. The quantitative estimate of drug-likeness (QED) is 0.641. The fraction of sp³-hybridized carbons (Fsp3) is 0.417. The number of nitrogens with one attached hydrogen (secondary N) is 1. The van der Waals surface area contributed by atoms with Crippen LogP contribution in [0.2, 0.25) is 0 Å². The molecule has 1 N–H and O–H groups in total. The molecule has 1 aliphatic rings. The van der Waals surface area contributed by atoms with E-state index in [4.69, 9.17) is 14.0 Å². The number of hydrogen-bond donors (Lipinski definition) is 1. The highest BCUT2D eigenvalue weighted by atomic mass is 16.5. The molecule has 0 bridgehead atoms. The number of hydrogen-bond acceptors (Lipinski definition) is 8. The Kier molecular flexibility index (Phi) is 7.86. The number of nitrogens with zero attached hydrogens (tertiary/aromatic N) is 4. The van der Waals surface area contributed by atoms with Crippen LogP contribution in [0.3, 0.4) is 0 Å². The van der Waals surface area contributed by atoms with Crippen LogP contribution < -0.4 is 14.8 Å². The zero-order valence-corrected chi connectivity index (χ0v) is 18.8. The fourth-order valence-corrected chi connectivity index (χ4v) is 3.67. The zero-order valence-electron chi connectivity index (χ0n) is 18.8. The predicted octanol–water partition coefficient (Wildman–Crippen LogP) is 3.64. The monoisotopic (exact) mass is 451 g/mol. The van der Waals surface area contributed by atoms with Crippen LogP contribution in [-0.4, -0.2) is 45.6 Å². The molecule has 3 heterocycles. The van der Waals surface area contributed by atoms with E-state index in [9.17, 15) is 4.79 Å². The maximum Gasteiger partial charge on any atom is 0.234 e. The molecule has 0 radical (unpaired) electrons. The first-order valence-electron chi connectivity index (χ1n) is 11.3. The van der Waals surface area contributed by atoms with Gasteiger partial charge in [0.15, 0.2) is 17.3 Å². The van der Waals surface area contributed by atoms with Gasteiger partial charge in [-0.1, -0.05) is 36.2 Å². The summed E-state index contributed by atoms with van der Waals surface area (Å²) >= 11 is 0. The molecular formula is C24H29N5O4. The van der Waals surface area contributed by atoms with E-state index in [0.717, 1.165) is 37.8 Å². The summed E-state index contributed by atoms with van der Waals surface area (Å²) in [6, 6.07) is 11.5. The molecule has 3 aromatic rings. The average molecular weight is 452 g/mol. The lowest BCUT2D eigenvalue weighted by Crippen LogP contribution is -2.37. The molecule has 1 aliphatic heterocycles. The second-order valence-electron chi connectivity index (χ2n) is 8.00. The van der Waals surface area contributed by atoms with Crippen molar-refractivity contribution in [3.63, 3.8) is 0 Å². The number of fused-ring (bicyclic) bond motifs is 2. The van der Waals surface area contributed by atoms with E-state index in [1.807, 2.05) is 36.4 Å². The van der Waals surface area contributed by atoms with Gasteiger partial charge in [-0.05, 0) is 37.6 Å². The van der Waals surface area contributed by atoms with Crippen LogP contribution in [0.1, 0.15) is 43.0 Å². The van der Waals surface area contributed by atoms with Crippen molar-refractivity contribution >= 4 is 5.91 Å². The van der Waals surface area contributed by atoms with Crippen molar-refractivity contribution in [1.29, 1.82) is 0 Å². The Bertz CT molecular complexity index is 1050. The minimum atomic E-state index is -0.0938. The molecule has 0 aliphatic carbocycles. The Labute approximate surface area is 193 Å². The van der Waals surface area contributed by atoms with Crippen LogP contribution in [-0.2, 0) is 17.9 Å². The highest BCUT2D eigenvalue weighted by Gasteiger charge is 2.17. The fourth-order valence-electron chi connectivity index (χ4n) is 3.67. The van der Waals surface area contributed by atoms with Gasteiger partial charge in [0.25, 0.3) is 0 Å². The van der Waals surface area contributed by atoms with Gasteiger partial charge >= 0.3 is 0 Å². The molecular weight excluding hydrogens is 422 g/mol. The molecule has 33 heavy (non-hydrogen) atoms. The van der Waals surface area contributed by atoms with Crippen molar-refractivity contribution in [3.05, 3.63) is 59.9 Å². The number of rotatable bonds is 4. The van der Waals surface area contributed by atoms with E-state index in [-0.39, 0.29) is 19.0 Å². The van der Waals surface area contributed by atoms with Crippen LogP contribution in [0.15, 0.2) is 47.1 Å². The van der Waals surface area contributed by atoms with Gasteiger partial charge in [0.05, 0.1) is 19.7 Å². The Morgan fingerprint density at radius 3 is 2.79 bits per heavy atom. The minimum absolute atomic E-state index is 0.0938. The molecule has 0 unspecified atom stereocenters. The van der Waals surface area contributed by atoms with Gasteiger partial charge < -0.3 is 19.3 Å². The topological polar surface area (TPSA) is 103 Å². The van der Waals surface area contributed by atoms with Crippen molar-refractivity contribution in [1.82, 2.24) is 25.3 Å². The maximum atomic E-state index is 12.6. The van der Waals surface area contributed by atoms with Gasteiger partial charge in [0, 0.05) is 25.2 Å². The summed E-state index contributed by atoms with van der Waals surface area (Å²) in [5, 5.41) is 6.69. The molecule has 0 spiro atoms. The van der Waals surface area contributed by atoms with Gasteiger partial charge in [-0.3, -0.25) is 9.69 Å². The first-order valence-corrected chi connectivity index (χ1v) is 11.3. The van der Waals surface area contributed by atoms with Gasteiger partial charge in [-0.2, -0.15) is 4.98 Å². The highest BCUT2D eigenvalue weighted by molar-refractivity contribution is 5.77. The van der Waals surface area contributed by atoms with E-state index < -0.39 is 0 Å². The lowest BCUT2D eigenvalue weighted by Gasteiger charge is -2.23. The summed E-state index contributed by atoms with van der Waals surface area (Å²) in [7, 11) is 0. The summed E-state index contributed by atoms with van der Waals surface area (Å²) in [5.41, 5.74) is 0.908. The molecule has 1 aromatic carbocycles. The predicted molar refractivity (Wildman–Crippen MR) is 121 cm³/mol. The third kappa shape index (κ3) is 6.76. The Balaban J connectivity index is 1.48. The highest BCUT2D eigenvalue weighted by Crippen LogP contribution is 2.32. The van der Waals surface area contributed by atoms with Gasteiger partial charge in [-0.25, -0.2) is 4.98 Å². The van der Waals surface area contributed by atoms with E-state index in [0.29, 0.717) is 42.2 Å².